The van der Waals surface area contributed by atoms with E-state index in [1.165, 1.54) is 71.1 Å². The number of nitrogens with zero attached hydrogens (tertiary/aromatic N) is 2. The Balaban J connectivity index is 1.57. The third-order valence-corrected chi connectivity index (χ3v) is 5.00. The minimum atomic E-state index is 0.576. The summed E-state index contributed by atoms with van der Waals surface area (Å²) < 4.78 is 2.44. The second-order valence-electron chi connectivity index (χ2n) is 6.47. The lowest BCUT2D eigenvalue weighted by Gasteiger charge is -2.15. The summed E-state index contributed by atoms with van der Waals surface area (Å²) in [6, 6.07) is 0.576. The summed E-state index contributed by atoms with van der Waals surface area (Å²) in [5, 5.41) is 3.49. The van der Waals surface area contributed by atoms with Crippen molar-refractivity contribution in [1.82, 2.24) is 14.8 Å². The number of likely N-dealkylation sites (tertiary alicyclic amines) is 1. The average molecular weight is 275 g/mol. The van der Waals surface area contributed by atoms with Crippen molar-refractivity contribution in [2.45, 2.75) is 57.5 Å². The van der Waals surface area contributed by atoms with E-state index in [1.807, 2.05) is 0 Å². The van der Waals surface area contributed by atoms with Gasteiger partial charge in [0.25, 0.3) is 0 Å². The van der Waals surface area contributed by atoms with Crippen LogP contribution in [0.15, 0.2) is 12.4 Å². The first-order valence-corrected chi connectivity index (χ1v) is 8.45. The Hall–Kier alpha value is -0.800. The van der Waals surface area contributed by atoms with Gasteiger partial charge in [-0.1, -0.05) is 6.42 Å². The van der Waals surface area contributed by atoms with Crippen LogP contribution in [0.3, 0.4) is 0 Å². The molecule has 0 amide bonds. The Labute approximate surface area is 123 Å². The Kier molecular flexibility index (Phi) is 4.79. The topological polar surface area (TPSA) is 20.2 Å². The van der Waals surface area contributed by atoms with Crippen LogP contribution in [0.25, 0.3) is 0 Å². The predicted molar refractivity (Wildman–Crippen MR) is 84.1 cm³/mol. The second-order valence-corrected chi connectivity index (χ2v) is 6.47. The van der Waals surface area contributed by atoms with Gasteiger partial charge in [0.1, 0.15) is 0 Å². The minimum Gasteiger partial charge on any atom is -0.354 e. The lowest BCUT2D eigenvalue weighted by molar-refractivity contribution is 0.325. The van der Waals surface area contributed by atoms with E-state index in [1.54, 1.807) is 11.1 Å². The van der Waals surface area contributed by atoms with Crippen LogP contribution in [-0.2, 0) is 13.0 Å². The molecule has 2 aliphatic rings. The maximum Gasteiger partial charge on any atom is 0.0335 e. The van der Waals surface area contributed by atoms with E-state index in [2.05, 4.69) is 34.2 Å². The molecule has 0 aromatic carbocycles. The molecule has 0 bridgehead atoms. The molecule has 3 heteroatoms. The summed E-state index contributed by atoms with van der Waals surface area (Å²) in [5.74, 6) is 0. The maximum absolute atomic E-state index is 3.49. The molecule has 112 valence electrons. The molecule has 0 radical (unpaired) electrons. The molecule has 1 aromatic rings. The smallest absolute Gasteiger partial charge is 0.0335 e. The first kappa shape index (κ1) is 14.2. The number of aryl methyl sites for hydroxylation is 2. The average Bonchev–Trinajstić information content (AvgIpc) is 3.06. The fourth-order valence-electron chi connectivity index (χ4n) is 3.83. The molecular formula is C17H29N3. The van der Waals surface area contributed by atoms with Crippen LogP contribution >= 0.6 is 0 Å². The first-order chi connectivity index (χ1) is 9.86. The van der Waals surface area contributed by atoms with Gasteiger partial charge in [-0.25, -0.2) is 0 Å². The maximum atomic E-state index is 3.49. The molecule has 1 aliphatic carbocycles. The van der Waals surface area contributed by atoms with Crippen LogP contribution in [0.5, 0.6) is 0 Å². The number of hydrogen-bond acceptors (Lipinski definition) is 2. The van der Waals surface area contributed by atoms with Gasteiger partial charge in [0, 0.05) is 25.0 Å². The van der Waals surface area contributed by atoms with Crippen molar-refractivity contribution in [2.24, 2.45) is 0 Å². The van der Waals surface area contributed by atoms with E-state index >= 15 is 0 Å². The van der Waals surface area contributed by atoms with Crippen molar-refractivity contribution in [3.8, 4) is 0 Å². The predicted octanol–water partition coefficient (Wildman–Crippen LogP) is 2.96. The van der Waals surface area contributed by atoms with Crippen molar-refractivity contribution in [3.63, 3.8) is 0 Å². The fraction of sp³-hybridized carbons (Fsp3) is 0.765. The van der Waals surface area contributed by atoms with E-state index in [4.69, 9.17) is 0 Å². The highest BCUT2D eigenvalue weighted by Gasteiger charge is 2.19. The number of aromatic nitrogens is 1. The molecule has 0 spiro atoms. The summed E-state index contributed by atoms with van der Waals surface area (Å²) in [4.78, 5) is 2.62. The van der Waals surface area contributed by atoms with Crippen LogP contribution in [0.1, 0.15) is 55.7 Å². The third-order valence-electron chi connectivity index (χ3n) is 5.00. The van der Waals surface area contributed by atoms with Gasteiger partial charge in [-0.15, -0.1) is 0 Å². The fourth-order valence-corrected chi connectivity index (χ4v) is 3.83. The standard InChI is InChI=1S/C17H29N3/c1-18-17-8-3-2-7-15-13-20(14-16(15)17)12-6-11-19-9-4-5-10-19/h13-14,17-18H,2-12H2,1H3. The molecule has 1 N–H and O–H groups in total. The van der Waals surface area contributed by atoms with Gasteiger partial charge in [-0.2, -0.15) is 0 Å². The molecule has 20 heavy (non-hydrogen) atoms. The van der Waals surface area contributed by atoms with E-state index < -0.39 is 0 Å². The number of nitrogens with one attached hydrogen (secondary N) is 1. The minimum absolute atomic E-state index is 0.576. The van der Waals surface area contributed by atoms with Crippen LogP contribution in [-0.4, -0.2) is 36.1 Å². The van der Waals surface area contributed by atoms with Gasteiger partial charge in [-0.3, -0.25) is 0 Å². The highest BCUT2D eigenvalue weighted by molar-refractivity contribution is 5.29. The zero-order valence-corrected chi connectivity index (χ0v) is 12.9. The monoisotopic (exact) mass is 275 g/mol. The molecule has 3 rings (SSSR count). The molecule has 1 saturated heterocycles. The molecule has 3 nitrogen and oxygen atoms in total. The molecular weight excluding hydrogens is 246 g/mol. The molecule has 1 atom stereocenters. The summed E-state index contributed by atoms with van der Waals surface area (Å²) in [6.45, 7) is 5.10. The van der Waals surface area contributed by atoms with Crippen LogP contribution in [0.4, 0.5) is 0 Å². The normalized spacial score (nSPS) is 23.8. The van der Waals surface area contributed by atoms with Gasteiger partial charge in [0.2, 0.25) is 0 Å². The summed E-state index contributed by atoms with van der Waals surface area (Å²) in [6.07, 6.45) is 14.2. The second kappa shape index (κ2) is 6.77. The highest BCUT2D eigenvalue weighted by atomic mass is 15.1. The van der Waals surface area contributed by atoms with Gasteiger partial charge < -0.3 is 14.8 Å². The van der Waals surface area contributed by atoms with Crippen molar-refractivity contribution in [1.29, 1.82) is 0 Å². The third kappa shape index (κ3) is 3.26. The van der Waals surface area contributed by atoms with Crippen LogP contribution < -0.4 is 5.32 Å². The molecule has 0 saturated carbocycles. The van der Waals surface area contributed by atoms with Crippen molar-refractivity contribution in [2.75, 3.05) is 26.7 Å². The Morgan fingerprint density at radius 1 is 1.10 bits per heavy atom. The van der Waals surface area contributed by atoms with Crippen molar-refractivity contribution in [3.05, 3.63) is 23.5 Å². The van der Waals surface area contributed by atoms with E-state index in [9.17, 15) is 0 Å². The highest BCUT2D eigenvalue weighted by Crippen LogP contribution is 2.29. The summed E-state index contributed by atoms with van der Waals surface area (Å²) in [5.41, 5.74) is 3.15. The van der Waals surface area contributed by atoms with Crippen molar-refractivity contribution >= 4 is 0 Å². The largest absolute Gasteiger partial charge is 0.354 e. The zero-order chi connectivity index (χ0) is 13.8. The lowest BCUT2D eigenvalue weighted by atomic mass is 10.1. The molecule has 2 heterocycles. The lowest BCUT2D eigenvalue weighted by Crippen LogP contribution is -2.21. The Bertz CT molecular complexity index is 418. The van der Waals surface area contributed by atoms with Gasteiger partial charge in [0.15, 0.2) is 0 Å². The SMILES string of the molecule is CNC1CCCCc2cn(CCCN3CCCC3)cc21. The number of hydrogen-bond donors (Lipinski definition) is 1. The zero-order valence-electron chi connectivity index (χ0n) is 12.9. The van der Waals surface area contributed by atoms with Crippen molar-refractivity contribution < 1.29 is 0 Å². The van der Waals surface area contributed by atoms with E-state index in [0.29, 0.717) is 6.04 Å². The van der Waals surface area contributed by atoms with Gasteiger partial charge in [-0.05, 0) is 76.3 Å². The molecule has 1 unspecified atom stereocenters. The Morgan fingerprint density at radius 3 is 2.75 bits per heavy atom. The van der Waals surface area contributed by atoms with Gasteiger partial charge in [0.05, 0.1) is 0 Å². The van der Waals surface area contributed by atoms with Crippen LogP contribution in [0, 0.1) is 0 Å². The van der Waals surface area contributed by atoms with Crippen LogP contribution in [0.2, 0.25) is 0 Å². The number of fused-ring (bicyclic) bond motifs is 1. The van der Waals surface area contributed by atoms with Gasteiger partial charge >= 0.3 is 0 Å². The quantitative estimate of drug-likeness (QED) is 0.834. The van der Waals surface area contributed by atoms with E-state index in [-0.39, 0.29) is 0 Å². The Morgan fingerprint density at radius 2 is 1.95 bits per heavy atom. The first-order valence-electron chi connectivity index (χ1n) is 8.45. The molecule has 1 aromatic heterocycles. The van der Waals surface area contributed by atoms with E-state index in [0.717, 1.165) is 0 Å². The number of rotatable bonds is 5. The summed E-state index contributed by atoms with van der Waals surface area (Å²) >= 11 is 0. The molecule has 1 fully saturated rings. The molecule has 1 aliphatic heterocycles. The summed E-state index contributed by atoms with van der Waals surface area (Å²) in [7, 11) is 2.10.